The average Bonchev–Trinajstić information content (AvgIpc) is 2.15. The average molecular weight is 206 g/mol. The molecule has 0 bridgehead atoms. The van der Waals surface area contributed by atoms with E-state index in [9.17, 15) is 0 Å². The normalized spacial score (nSPS) is 14.3. The van der Waals surface area contributed by atoms with Crippen molar-refractivity contribution < 1.29 is 4.48 Å². The van der Waals surface area contributed by atoms with Gasteiger partial charge in [0, 0.05) is 5.56 Å². The van der Waals surface area contributed by atoms with Crippen molar-refractivity contribution in [3.8, 4) is 0 Å². The van der Waals surface area contributed by atoms with Crippen LogP contribution in [0.2, 0.25) is 0 Å². The Kier molecular flexibility index (Phi) is 3.56. The van der Waals surface area contributed by atoms with Gasteiger partial charge in [-0.25, -0.2) is 0 Å². The largest absolute Gasteiger partial charge is 0.325 e. The van der Waals surface area contributed by atoms with Gasteiger partial charge in [0.2, 0.25) is 0 Å². The van der Waals surface area contributed by atoms with Gasteiger partial charge in [-0.3, -0.25) is 0 Å². The Morgan fingerprint density at radius 1 is 0.800 bits per heavy atom. The third-order valence-corrected chi connectivity index (χ3v) is 3.25. The topological polar surface area (TPSA) is 0 Å². The lowest BCUT2D eigenvalue weighted by molar-refractivity contribution is -0.900. The first-order valence-electron chi connectivity index (χ1n) is 5.73. The molecule has 0 fully saturated rings. The van der Waals surface area contributed by atoms with Gasteiger partial charge >= 0.3 is 0 Å². The van der Waals surface area contributed by atoms with Crippen LogP contribution in [0.4, 0.5) is 0 Å². The fourth-order valence-electron chi connectivity index (χ4n) is 1.61. The fourth-order valence-corrected chi connectivity index (χ4v) is 1.61. The summed E-state index contributed by atoms with van der Waals surface area (Å²) < 4.78 is 0.973. The number of benzene rings is 1. The highest BCUT2D eigenvalue weighted by Crippen LogP contribution is 2.24. The van der Waals surface area contributed by atoms with E-state index in [1.807, 2.05) is 0 Å². The summed E-state index contributed by atoms with van der Waals surface area (Å²) in [6, 6.07) is 9.59. The second-order valence-electron chi connectivity index (χ2n) is 5.61. The van der Waals surface area contributed by atoms with Gasteiger partial charge < -0.3 is 4.48 Å². The molecule has 0 spiro atoms. The molecule has 0 radical (unpaired) electrons. The molecule has 1 aromatic rings. The number of nitrogens with zero attached hydrogens (tertiary/aromatic N) is 1. The second kappa shape index (κ2) is 4.36. The molecule has 0 saturated heterocycles. The van der Waals surface area contributed by atoms with Crippen LogP contribution in [0.1, 0.15) is 43.9 Å². The standard InChI is InChI=1S/C14H24N/c1-11(2)13-7-9-14(10-8-13)12(3)15(4,5)6/h7-12H,1-6H3/q+1. The molecular formula is C14H24N+. The number of hydrogen-bond acceptors (Lipinski definition) is 0. The van der Waals surface area contributed by atoms with E-state index in [1.165, 1.54) is 11.1 Å². The van der Waals surface area contributed by atoms with Crippen molar-refractivity contribution in [2.45, 2.75) is 32.7 Å². The van der Waals surface area contributed by atoms with Crippen LogP contribution in [0.3, 0.4) is 0 Å². The summed E-state index contributed by atoms with van der Waals surface area (Å²) in [5.41, 5.74) is 2.85. The molecule has 0 aliphatic carbocycles. The minimum absolute atomic E-state index is 0.547. The van der Waals surface area contributed by atoms with Crippen molar-refractivity contribution in [3.63, 3.8) is 0 Å². The Labute approximate surface area is 94.3 Å². The predicted octanol–water partition coefficient (Wildman–Crippen LogP) is 3.58. The smallest absolute Gasteiger partial charge is 0.111 e. The first kappa shape index (κ1) is 12.3. The summed E-state index contributed by atoms with van der Waals surface area (Å²) in [6.45, 7) is 6.75. The molecule has 0 saturated carbocycles. The zero-order valence-electron chi connectivity index (χ0n) is 10.9. The SMILES string of the molecule is CC(C)c1ccc(C(C)[N+](C)(C)C)cc1. The maximum Gasteiger partial charge on any atom is 0.111 e. The van der Waals surface area contributed by atoms with Crippen LogP contribution in [0, 0.1) is 0 Å². The fraction of sp³-hybridized carbons (Fsp3) is 0.571. The molecule has 0 aliphatic heterocycles. The van der Waals surface area contributed by atoms with E-state index in [0.717, 1.165) is 4.48 Å². The molecule has 0 aliphatic rings. The third kappa shape index (κ3) is 3.07. The van der Waals surface area contributed by atoms with Gasteiger partial charge in [0.15, 0.2) is 0 Å². The Morgan fingerprint density at radius 2 is 1.20 bits per heavy atom. The van der Waals surface area contributed by atoms with Crippen LogP contribution in [0.25, 0.3) is 0 Å². The number of rotatable bonds is 3. The van der Waals surface area contributed by atoms with Gasteiger partial charge in [0.05, 0.1) is 21.1 Å². The molecule has 0 amide bonds. The Hall–Kier alpha value is -0.820. The predicted molar refractivity (Wildman–Crippen MR) is 67.0 cm³/mol. The molecule has 84 valence electrons. The van der Waals surface area contributed by atoms with E-state index in [1.54, 1.807) is 0 Å². The lowest BCUT2D eigenvalue weighted by Gasteiger charge is -2.32. The quantitative estimate of drug-likeness (QED) is 0.663. The Balaban J connectivity index is 2.89. The molecular weight excluding hydrogens is 182 g/mol. The number of hydrogen-bond donors (Lipinski definition) is 0. The molecule has 1 aromatic carbocycles. The zero-order valence-corrected chi connectivity index (χ0v) is 10.9. The number of quaternary nitrogens is 1. The molecule has 0 aromatic heterocycles. The Morgan fingerprint density at radius 3 is 1.53 bits per heavy atom. The van der Waals surface area contributed by atoms with E-state index >= 15 is 0 Å². The van der Waals surface area contributed by atoms with Gasteiger partial charge in [-0.2, -0.15) is 0 Å². The monoisotopic (exact) mass is 206 g/mol. The van der Waals surface area contributed by atoms with Crippen molar-refractivity contribution in [2.24, 2.45) is 0 Å². The highest BCUT2D eigenvalue weighted by Gasteiger charge is 2.19. The van der Waals surface area contributed by atoms with Crippen molar-refractivity contribution in [3.05, 3.63) is 35.4 Å². The lowest BCUT2D eigenvalue weighted by atomic mass is 9.99. The van der Waals surface area contributed by atoms with Gasteiger partial charge in [-0.1, -0.05) is 38.1 Å². The van der Waals surface area contributed by atoms with E-state index in [2.05, 4.69) is 66.2 Å². The van der Waals surface area contributed by atoms with Crippen LogP contribution >= 0.6 is 0 Å². The summed E-state index contributed by atoms with van der Waals surface area (Å²) in [7, 11) is 6.71. The van der Waals surface area contributed by atoms with Crippen LogP contribution in [-0.4, -0.2) is 25.6 Å². The van der Waals surface area contributed by atoms with Gasteiger partial charge in [0.25, 0.3) is 0 Å². The van der Waals surface area contributed by atoms with E-state index in [-0.39, 0.29) is 0 Å². The van der Waals surface area contributed by atoms with E-state index in [0.29, 0.717) is 12.0 Å². The summed E-state index contributed by atoms with van der Waals surface area (Å²) in [6.07, 6.45) is 0. The third-order valence-electron chi connectivity index (χ3n) is 3.25. The van der Waals surface area contributed by atoms with Crippen LogP contribution in [0.15, 0.2) is 24.3 Å². The highest BCUT2D eigenvalue weighted by atomic mass is 15.3. The lowest BCUT2D eigenvalue weighted by Crippen LogP contribution is -2.37. The summed E-state index contributed by atoms with van der Waals surface area (Å²) in [5.74, 6) is 0.624. The zero-order chi connectivity index (χ0) is 11.6. The van der Waals surface area contributed by atoms with Crippen LogP contribution < -0.4 is 0 Å². The summed E-state index contributed by atoms with van der Waals surface area (Å²) in [4.78, 5) is 0. The molecule has 1 atom stereocenters. The van der Waals surface area contributed by atoms with Gasteiger partial charge in [-0.05, 0) is 18.4 Å². The maximum absolute atomic E-state index is 2.28. The summed E-state index contributed by atoms with van der Waals surface area (Å²) >= 11 is 0. The first-order chi connectivity index (χ1) is 6.82. The first-order valence-corrected chi connectivity index (χ1v) is 5.73. The Bertz CT molecular complexity index is 303. The van der Waals surface area contributed by atoms with Crippen molar-refractivity contribution >= 4 is 0 Å². The molecule has 1 unspecified atom stereocenters. The van der Waals surface area contributed by atoms with E-state index in [4.69, 9.17) is 0 Å². The van der Waals surface area contributed by atoms with Crippen molar-refractivity contribution in [1.82, 2.24) is 0 Å². The minimum atomic E-state index is 0.547. The van der Waals surface area contributed by atoms with Crippen LogP contribution in [-0.2, 0) is 0 Å². The molecule has 15 heavy (non-hydrogen) atoms. The van der Waals surface area contributed by atoms with Crippen molar-refractivity contribution in [2.75, 3.05) is 21.1 Å². The second-order valence-corrected chi connectivity index (χ2v) is 5.61. The molecule has 1 nitrogen and oxygen atoms in total. The molecule has 0 heterocycles. The van der Waals surface area contributed by atoms with Crippen LogP contribution in [0.5, 0.6) is 0 Å². The molecule has 0 N–H and O–H groups in total. The molecule has 1 rings (SSSR count). The van der Waals surface area contributed by atoms with Gasteiger partial charge in [-0.15, -0.1) is 0 Å². The maximum atomic E-state index is 2.28. The van der Waals surface area contributed by atoms with Gasteiger partial charge in [0.1, 0.15) is 6.04 Å². The summed E-state index contributed by atoms with van der Waals surface area (Å²) in [5, 5.41) is 0. The van der Waals surface area contributed by atoms with E-state index < -0.39 is 0 Å². The molecule has 1 heteroatoms. The van der Waals surface area contributed by atoms with Crippen molar-refractivity contribution in [1.29, 1.82) is 0 Å². The highest BCUT2D eigenvalue weighted by molar-refractivity contribution is 5.25. The minimum Gasteiger partial charge on any atom is -0.325 e.